The Morgan fingerprint density at radius 3 is 2.46 bits per heavy atom. The molecule has 2 aromatic carbocycles. The topological polar surface area (TPSA) is 92.8 Å². The fourth-order valence-electron chi connectivity index (χ4n) is 3.33. The first-order chi connectivity index (χ1) is 13.4. The minimum atomic E-state index is -3.78. The van der Waals surface area contributed by atoms with Crippen molar-refractivity contribution in [1.29, 1.82) is 0 Å². The van der Waals surface area contributed by atoms with Gasteiger partial charge in [0, 0.05) is 23.8 Å². The van der Waals surface area contributed by atoms with Gasteiger partial charge in [-0.1, -0.05) is 0 Å². The summed E-state index contributed by atoms with van der Waals surface area (Å²) in [6.45, 7) is 0.594. The molecule has 146 valence electrons. The van der Waals surface area contributed by atoms with E-state index in [1.807, 2.05) is 0 Å². The van der Waals surface area contributed by atoms with Crippen LogP contribution < -0.4 is 9.62 Å². The summed E-state index contributed by atoms with van der Waals surface area (Å²) in [5.74, 6) is -0.222. The third kappa shape index (κ3) is 3.47. The summed E-state index contributed by atoms with van der Waals surface area (Å²) in [7, 11) is -2.50. The van der Waals surface area contributed by atoms with Gasteiger partial charge in [-0.3, -0.25) is 9.52 Å². The molecule has 1 N–H and O–H groups in total. The molecule has 0 unspecified atom stereocenters. The lowest BCUT2D eigenvalue weighted by Gasteiger charge is -2.17. The zero-order valence-electron chi connectivity index (χ0n) is 15.3. The number of rotatable bonds is 5. The van der Waals surface area contributed by atoms with E-state index in [4.69, 9.17) is 0 Å². The summed E-state index contributed by atoms with van der Waals surface area (Å²) in [5.41, 5.74) is 2.35. The van der Waals surface area contributed by atoms with Crippen LogP contribution in [0.15, 0.2) is 47.4 Å². The van der Waals surface area contributed by atoms with Gasteiger partial charge in [0.15, 0.2) is 0 Å². The van der Waals surface area contributed by atoms with E-state index in [-0.39, 0.29) is 16.7 Å². The number of nitrogens with one attached hydrogen (secondary N) is 1. The third-order valence-electron chi connectivity index (χ3n) is 5.01. The molecule has 0 aromatic heterocycles. The number of carbonyl (C=O) groups excluding carboxylic acids is 2. The van der Waals surface area contributed by atoms with Crippen LogP contribution >= 0.6 is 0 Å². The van der Waals surface area contributed by atoms with Gasteiger partial charge < -0.3 is 9.64 Å². The molecule has 1 aliphatic heterocycles. The number of hydrogen-bond donors (Lipinski definition) is 1. The number of sulfonamides is 1. The molecule has 1 heterocycles. The van der Waals surface area contributed by atoms with E-state index >= 15 is 0 Å². The molecule has 1 amide bonds. The minimum absolute atomic E-state index is 0.129. The number of amides is 1. The molecule has 0 spiro atoms. The fraction of sp³-hybridized carbons (Fsp3) is 0.300. The minimum Gasteiger partial charge on any atom is -0.465 e. The SMILES string of the molecule is COC(=O)c1ccc(NS(=O)(=O)c2ccc3c(c2)CCN3C(=O)C2CC2)cc1. The van der Waals surface area contributed by atoms with Crippen molar-refractivity contribution in [1.82, 2.24) is 0 Å². The molecule has 0 atom stereocenters. The van der Waals surface area contributed by atoms with E-state index in [0.29, 0.717) is 24.2 Å². The fourth-order valence-corrected chi connectivity index (χ4v) is 4.44. The molecule has 7 nitrogen and oxygen atoms in total. The first-order valence-corrected chi connectivity index (χ1v) is 10.5. The quantitative estimate of drug-likeness (QED) is 0.779. The molecule has 8 heteroatoms. The van der Waals surface area contributed by atoms with E-state index in [9.17, 15) is 18.0 Å². The van der Waals surface area contributed by atoms with E-state index in [1.165, 1.54) is 37.4 Å². The monoisotopic (exact) mass is 400 g/mol. The molecule has 2 aliphatic rings. The molecule has 1 fully saturated rings. The summed E-state index contributed by atoms with van der Waals surface area (Å²) in [6.07, 6.45) is 2.52. The van der Waals surface area contributed by atoms with Crippen LogP contribution in [0.4, 0.5) is 11.4 Å². The Bertz CT molecular complexity index is 1040. The zero-order chi connectivity index (χ0) is 19.9. The Morgan fingerprint density at radius 2 is 1.82 bits per heavy atom. The number of methoxy groups -OCH3 is 1. The first kappa shape index (κ1) is 18.5. The second kappa shape index (κ2) is 6.94. The highest BCUT2D eigenvalue weighted by atomic mass is 32.2. The number of ether oxygens (including phenoxy) is 1. The molecular formula is C20H20N2O5S. The molecule has 1 saturated carbocycles. The zero-order valence-corrected chi connectivity index (χ0v) is 16.2. The Morgan fingerprint density at radius 1 is 1.11 bits per heavy atom. The van der Waals surface area contributed by atoms with Crippen LogP contribution in [0.1, 0.15) is 28.8 Å². The number of benzene rings is 2. The normalized spacial score (nSPS) is 15.8. The van der Waals surface area contributed by atoms with Crippen LogP contribution in [-0.2, 0) is 26.0 Å². The van der Waals surface area contributed by atoms with Crippen molar-refractivity contribution in [2.45, 2.75) is 24.2 Å². The van der Waals surface area contributed by atoms with Crippen molar-refractivity contribution >= 4 is 33.3 Å². The predicted molar refractivity (Wildman–Crippen MR) is 104 cm³/mol. The van der Waals surface area contributed by atoms with Crippen LogP contribution in [0.2, 0.25) is 0 Å². The molecule has 0 radical (unpaired) electrons. The maximum Gasteiger partial charge on any atom is 0.337 e. The Balaban J connectivity index is 1.53. The second-order valence-corrected chi connectivity index (χ2v) is 8.66. The van der Waals surface area contributed by atoms with Crippen LogP contribution in [0.25, 0.3) is 0 Å². The van der Waals surface area contributed by atoms with Crippen molar-refractivity contribution in [2.75, 3.05) is 23.3 Å². The molecule has 0 saturated heterocycles. The molecule has 2 aromatic rings. The van der Waals surface area contributed by atoms with Crippen molar-refractivity contribution < 1.29 is 22.7 Å². The van der Waals surface area contributed by atoms with Gasteiger partial charge in [0.05, 0.1) is 17.6 Å². The van der Waals surface area contributed by atoms with Crippen molar-refractivity contribution in [2.24, 2.45) is 5.92 Å². The van der Waals surface area contributed by atoms with E-state index < -0.39 is 16.0 Å². The number of hydrogen-bond acceptors (Lipinski definition) is 5. The van der Waals surface area contributed by atoms with Crippen LogP contribution in [0.3, 0.4) is 0 Å². The lowest BCUT2D eigenvalue weighted by atomic mass is 10.2. The maximum absolute atomic E-state index is 12.7. The second-order valence-electron chi connectivity index (χ2n) is 6.98. The van der Waals surface area contributed by atoms with Crippen LogP contribution in [-0.4, -0.2) is 33.9 Å². The van der Waals surface area contributed by atoms with Gasteiger partial charge in [-0.05, 0) is 67.3 Å². The number of carbonyl (C=O) groups is 2. The largest absolute Gasteiger partial charge is 0.465 e. The molecular weight excluding hydrogens is 380 g/mol. The average molecular weight is 400 g/mol. The van der Waals surface area contributed by atoms with E-state index in [1.54, 1.807) is 17.0 Å². The summed E-state index contributed by atoms with van der Waals surface area (Å²) in [4.78, 5) is 25.7. The standard InChI is InChI=1S/C20H20N2O5S/c1-27-20(24)14-4-6-16(7-5-14)21-28(25,26)17-8-9-18-15(12-17)10-11-22(18)19(23)13-2-3-13/h4-9,12-13,21H,2-3,10-11H2,1H3. The van der Waals surface area contributed by atoms with Gasteiger partial charge in [-0.2, -0.15) is 0 Å². The maximum atomic E-state index is 12.7. The highest BCUT2D eigenvalue weighted by molar-refractivity contribution is 7.92. The molecule has 0 bridgehead atoms. The molecule has 28 heavy (non-hydrogen) atoms. The van der Waals surface area contributed by atoms with E-state index in [2.05, 4.69) is 9.46 Å². The van der Waals surface area contributed by atoms with E-state index in [0.717, 1.165) is 24.1 Å². The third-order valence-corrected chi connectivity index (χ3v) is 6.39. The number of nitrogens with zero attached hydrogens (tertiary/aromatic N) is 1. The van der Waals surface area contributed by atoms with Gasteiger partial charge in [0.2, 0.25) is 5.91 Å². The summed E-state index contributed by atoms with van der Waals surface area (Å²) in [5, 5.41) is 0. The van der Waals surface area contributed by atoms with Gasteiger partial charge in [-0.25, -0.2) is 13.2 Å². The molecule has 4 rings (SSSR count). The number of anilines is 2. The van der Waals surface area contributed by atoms with Crippen LogP contribution in [0.5, 0.6) is 0 Å². The molecule has 1 aliphatic carbocycles. The van der Waals surface area contributed by atoms with Gasteiger partial charge >= 0.3 is 5.97 Å². The van der Waals surface area contributed by atoms with Crippen molar-refractivity contribution in [3.05, 3.63) is 53.6 Å². The van der Waals surface area contributed by atoms with Crippen molar-refractivity contribution in [3.8, 4) is 0 Å². The van der Waals surface area contributed by atoms with Crippen molar-refractivity contribution in [3.63, 3.8) is 0 Å². The van der Waals surface area contributed by atoms with Gasteiger partial charge in [-0.15, -0.1) is 0 Å². The van der Waals surface area contributed by atoms with Gasteiger partial charge in [0.1, 0.15) is 0 Å². The predicted octanol–water partition coefficient (Wildman–Crippen LogP) is 2.57. The Kier molecular flexibility index (Phi) is 4.58. The number of esters is 1. The lowest BCUT2D eigenvalue weighted by molar-refractivity contribution is -0.119. The highest BCUT2D eigenvalue weighted by Gasteiger charge is 2.36. The smallest absolute Gasteiger partial charge is 0.337 e. The highest BCUT2D eigenvalue weighted by Crippen LogP contribution is 2.37. The summed E-state index contributed by atoms with van der Waals surface area (Å²) >= 11 is 0. The lowest BCUT2D eigenvalue weighted by Crippen LogP contribution is -2.30. The summed E-state index contributed by atoms with van der Waals surface area (Å²) < 4.78 is 32.6. The summed E-state index contributed by atoms with van der Waals surface area (Å²) in [6, 6.07) is 10.8. The van der Waals surface area contributed by atoms with Gasteiger partial charge in [0.25, 0.3) is 10.0 Å². The van der Waals surface area contributed by atoms with Crippen LogP contribution in [0, 0.1) is 5.92 Å². The average Bonchev–Trinajstić information content (AvgIpc) is 3.46. The Hall–Kier alpha value is -2.87. The first-order valence-electron chi connectivity index (χ1n) is 9.04. The Labute approximate surface area is 163 Å². The number of fused-ring (bicyclic) bond motifs is 1.